The number of hydrogen-bond donors (Lipinski definition) is 1. The Morgan fingerprint density at radius 2 is 2.12 bits per heavy atom. The van der Waals surface area contributed by atoms with Crippen LogP contribution in [0, 0.1) is 6.92 Å². The van der Waals surface area contributed by atoms with Crippen LogP contribution >= 0.6 is 0 Å². The maximum absolute atomic E-state index is 12.2. The minimum Gasteiger partial charge on any atom is -0.443 e. The van der Waals surface area contributed by atoms with Crippen LogP contribution in [-0.4, -0.2) is 45.6 Å². The summed E-state index contributed by atoms with van der Waals surface area (Å²) in [6, 6.07) is 0. The second kappa shape index (κ2) is 7.63. The van der Waals surface area contributed by atoms with E-state index in [0.717, 1.165) is 0 Å². The third kappa shape index (κ3) is 5.01. The molecule has 1 aromatic heterocycles. The lowest BCUT2D eigenvalue weighted by atomic mass is 9.94. The number of aromatic nitrogens is 2. The summed E-state index contributed by atoms with van der Waals surface area (Å²) in [5.74, 6) is 0.393. The fourth-order valence-electron chi connectivity index (χ4n) is 2.56. The van der Waals surface area contributed by atoms with Crippen LogP contribution in [0.3, 0.4) is 0 Å². The SMILES string of the molecule is CCNC(=O)c1cnc(C)nc1C1C=CN(C(=O)OC(C)(C)C)CC1. The van der Waals surface area contributed by atoms with E-state index in [1.807, 2.05) is 33.8 Å². The number of rotatable bonds is 3. The van der Waals surface area contributed by atoms with Gasteiger partial charge in [-0.25, -0.2) is 14.8 Å². The predicted molar refractivity (Wildman–Crippen MR) is 94.2 cm³/mol. The van der Waals surface area contributed by atoms with Crippen molar-refractivity contribution < 1.29 is 14.3 Å². The second-order valence-corrected chi connectivity index (χ2v) is 6.99. The zero-order valence-corrected chi connectivity index (χ0v) is 15.5. The van der Waals surface area contributed by atoms with Crippen molar-refractivity contribution in [3.8, 4) is 0 Å². The predicted octanol–water partition coefficient (Wildman–Crippen LogP) is 2.77. The van der Waals surface area contributed by atoms with Gasteiger partial charge in [0.2, 0.25) is 0 Å². The Bertz CT molecular complexity index is 679. The fraction of sp³-hybridized carbons (Fsp3) is 0.556. The molecule has 2 heterocycles. The molecule has 1 atom stereocenters. The maximum Gasteiger partial charge on any atom is 0.414 e. The average molecular weight is 346 g/mol. The van der Waals surface area contributed by atoms with Crippen molar-refractivity contribution in [3.05, 3.63) is 35.6 Å². The van der Waals surface area contributed by atoms with Crippen LogP contribution in [0.25, 0.3) is 0 Å². The molecule has 0 saturated carbocycles. The number of nitrogens with one attached hydrogen (secondary N) is 1. The summed E-state index contributed by atoms with van der Waals surface area (Å²) in [6.45, 7) is 10.2. The van der Waals surface area contributed by atoms with Crippen molar-refractivity contribution in [2.24, 2.45) is 0 Å². The Kier molecular flexibility index (Phi) is 5.77. The first kappa shape index (κ1) is 18.9. The number of ether oxygens (including phenoxy) is 1. The topological polar surface area (TPSA) is 84.4 Å². The fourth-order valence-corrected chi connectivity index (χ4v) is 2.56. The van der Waals surface area contributed by atoms with Crippen LogP contribution in [0.5, 0.6) is 0 Å². The molecule has 1 unspecified atom stereocenters. The van der Waals surface area contributed by atoms with Crippen LogP contribution in [-0.2, 0) is 4.74 Å². The van der Waals surface area contributed by atoms with Gasteiger partial charge in [0.15, 0.2) is 0 Å². The zero-order valence-electron chi connectivity index (χ0n) is 15.5. The molecule has 25 heavy (non-hydrogen) atoms. The molecule has 7 nitrogen and oxygen atoms in total. The number of carbonyl (C=O) groups is 2. The van der Waals surface area contributed by atoms with Crippen LogP contribution in [0.15, 0.2) is 18.5 Å². The maximum atomic E-state index is 12.2. The molecular formula is C18H26N4O3. The van der Waals surface area contributed by atoms with Crippen molar-refractivity contribution in [2.45, 2.75) is 52.6 Å². The lowest BCUT2D eigenvalue weighted by Crippen LogP contribution is -2.36. The largest absolute Gasteiger partial charge is 0.443 e. The molecule has 0 fully saturated rings. The lowest BCUT2D eigenvalue weighted by molar-refractivity contribution is 0.0323. The first-order valence-electron chi connectivity index (χ1n) is 8.51. The Labute approximate surface area is 148 Å². The summed E-state index contributed by atoms with van der Waals surface area (Å²) in [5.41, 5.74) is 0.642. The first-order valence-corrected chi connectivity index (χ1v) is 8.51. The van der Waals surface area contributed by atoms with Gasteiger partial charge in [0.1, 0.15) is 11.4 Å². The highest BCUT2D eigenvalue weighted by molar-refractivity contribution is 5.95. The minimum atomic E-state index is -0.531. The standard InChI is InChI=1S/C18H26N4O3/c1-6-19-16(23)14-11-20-12(2)21-15(14)13-7-9-22(10-8-13)17(24)25-18(3,4)5/h7,9,11,13H,6,8,10H2,1-5H3,(H,19,23). The van der Waals surface area contributed by atoms with Gasteiger partial charge >= 0.3 is 6.09 Å². The van der Waals surface area contributed by atoms with E-state index in [9.17, 15) is 9.59 Å². The van der Waals surface area contributed by atoms with Gasteiger partial charge in [-0.2, -0.15) is 0 Å². The Morgan fingerprint density at radius 3 is 2.68 bits per heavy atom. The van der Waals surface area contributed by atoms with E-state index in [4.69, 9.17) is 4.74 Å². The molecule has 0 aliphatic carbocycles. The van der Waals surface area contributed by atoms with Gasteiger partial charge in [-0.05, 0) is 41.0 Å². The lowest BCUT2D eigenvalue weighted by Gasteiger charge is -2.29. The minimum absolute atomic E-state index is 0.0435. The van der Waals surface area contributed by atoms with E-state index in [2.05, 4.69) is 15.3 Å². The van der Waals surface area contributed by atoms with E-state index in [-0.39, 0.29) is 17.9 Å². The van der Waals surface area contributed by atoms with Crippen LogP contribution in [0.4, 0.5) is 4.79 Å². The molecule has 7 heteroatoms. The average Bonchev–Trinajstić information content (AvgIpc) is 2.53. The highest BCUT2D eigenvalue weighted by atomic mass is 16.6. The Balaban J connectivity index is 2.19. The van der Waals surface area contributed by atoms with Crippen molar-refractivity contribution in [1.29, 1.82) is 0 Å². The number of nitrogens with zero attached hydrogens (tertiary/aromatic N) is 3. The summed E-state index contributed by atoms with van der Waals surface area (Å²) >= 11 is 0. The summed E-state index contributed by atoms with van der Waals surface area (Å²) in [5, 5.41) is 2.79. The number of carbonyl (C=O) groups excluding carboxylic acids is 2. The third-order valence-electron chi connectivity index (χ3n) is 3.68. The Hall–Kier alpha value is -2.44. The molecule has 0 radical (unpaired) electrons. The molecule has 136 valence electrons. The van der Waals surface area contributed by atoms with Gasteiger partial charge < -0.3 is 10.1 Å². The van der Waals surface area contributed by atoms with Crippen molar-refractivity contribution in [3.63, 3.8) is 0 Å². The smallest absolute Gasteiger partial charge is 0.414 e. The third-order valence-corrected chi connectivity index (χ3v) is 3.68. The van der Waals surface area contributed by atoms with Crippen molar-refractivity contribution in [1.82, 2.24) is 20.2 Å². The van der Waals surface area contributed by atoms with E-state index in [1.54, 1.807) is 24.2 Å². The molecule has 2 amide bonds. The van der Waals surface area contributed by atoms with Crippen LogP contribution in [0.1, 0.15) is 61.9 Å². The van der Waals surface area contributed by atoms with Gasteiger partial charge in [0, 0.05) is 31.4 Å². The highest BCUT2D eigenvalue weighted by Gasteiger charge is 2.27. The van der Waals surface area contributed by atoms with Crippen LogP contribution < -0.4 is 5.32 Å². The monoisotopic (exact) mass is 346 g/mol. The Morgan fingerprint density at radius 1 is 1.40 bits per heavy atom. The molecule has 1 aliphatic rings. The molecule has 2 rings (SSSR count). The molecule has 0 spiro atoms. The van der Waals surface area contributed by atoms with Gasteiger partial charge in [0.25, 0.3) is 5.91 Å². The number of amides is 2. The second-order valence-electron chi connectivity index (χ2n) is 6.99. The van der Waals surface area contributed by atoms with Gasteiger partial charge in [-0.15, -0.1) is 0 Å². The summed E-state index contributed by atoms with van der Waals surface area (Å²) in [7, 11) is 0. The molecular weight excluding hydrogens is 320 g/mol. The molecule has 1 aliphatic heterocycles. The molecule has 0 saturated heterocycles. The van der Waals surface area contributed by atoms with Gasteiger partial charge in [0.05, 0.1) is 11.3 Å². The molecule has 1 aromatic rings. The number of allylic oxidation sites excluding steroid dienone is 1. The molecule has 1 N–H and O–H groups in total. The molecule has 0 bridgehead atoms. The van der Waals surface area contributed by atoms with E-state index in [1.165, 1.54) is 0 Å². The van der Waals surface area contributed by atoms with E-state index in [0.29, 0.717) is 36.6 Å². The normalized spacial score (nSPS) is 17.3. The highest BCUT2D eigenvalue weighted by Crippen LogP contribution is 2.27. The summed E-state index contributed by atoms with van der Waals surface area (Å²) in [4.78, 5) is 34.5. The number of hydrogen-bond acceptors (Lipinski definition) is 5. The summed E-state index contributed by atoms with van der Waals surface area (Å²) < 4.78 is 5.38. The van der Waals surface area contributed by atoms with E-state index >= 15 is 0 Å². The van der Waals surface area contributed by atoms with Crippen molar-refractivity contribution >= 4 is 12.0 Å². The van der Waals surface area contributed by atoms with E-state index < -0.39 is 5.60 Å². The number of aryl methyl sites for hydroxylation is 1. The van der Waals surface area contributed by atoms with Gasteiger partial charge in [-0.3, -0.25) is 9.69 Å². The quantitative estimate of drug-likeness (QED) is 0.910. The van der Waals surface area contributed by atoms with Crippen molar-refractivity contribution in [2.75, 3.05) is 13.1 Å². The first-order chi connectivity index (χ1) is 11.7. The van der Waals surface area contributed by atoms with Crippen LogP contribution in [0.2, 0.25) is 0 Å². The zero-order chi connectivity index (χ0) is 18.6. The van der Waals surface area contributed by atoms with Gasteiger partial charge in [-0.1, -0.05) is 6.08 Å². The summed E-state index contributed by atoms with van der Waals surface area (Å²) in [6.07, 6.45) is 5.46. The molecule has 0 aromatic carbocycles.